The Balaban J connectivity index is 1.89. The molecule has 0 aliphatic carbocycles. The van der Waals surface area contributed by atoms with Crippen LogP contribution >= 0.6 is 11.6 Å². The summed E-state index contributed by atoms with van der Waals surface area (Å²) in [5, 5.41) is 14.9. The first-order valence-electron chi connectivity index (χ1n) is 9.37. The fourth-order valence-electron chi connectivity index (χ4n) is 3.75. The van der Waals surface area contributed by atoms with Crippen molar-refractivity contribution in [1.29, 1.82) is 0 Å². The molecule has 2 aromatic carbocycles. The first kappa shape index (κ1) is 20.1. The number of hydrogen-bond donors (Lipinski definition) is 1. The number of amides is 1. The molecule has 7 heteroatoms. The van der Waals surface area contributed by atoms with Crippen LogP contribution < -0.4 is 10.2 Å². The van der Waals surface area contributed by atoms with Gasteiger partial charge in [-0.2, -0.15) is 0 Å². The number of nitro groups is 1. The van der Waals surface area contributed by atoms with Crippen LogP contribution in [0.3, 0.4) is 0 Å². The van der Waals surface area contributed by atoms with Crippen LogP contribution in [0.5, 0.6) is 0 Å². The van der Waals surface area contributed by atoms with Crippen LogP contribution in [0.15, 0.2) is 30.3 Å². The second kappa shape index (κ2) is 8.19. The van der Waals surface area contributed by atoms with Crippen molar-refractivity contribution in [3.8, 4) is 0 Å². The third kappa shape index (κ3) is 4.28. The SMILES string of the molecule is Cc1cc(C)c(NC(=O)c2ccc(N3CCC[C@H](C)C3)c([N+](=O)[O-])c2)c(Cl)c1. The minimum absolute atomic E-state index is 0.0477. The number of benzene rings is 2. The Morgan fingerprint density at radius 2 is 2.04 bits per heavy atom. The lowest BCUT2D eigenvalue weighted by Crippen LogP contribution is -2.34. The number of nitro benzene ring substituents is 1. The summed E-state index contributed by atoms with van der Waals surface area (Å²) < 4.78 is 0. The summed E-state index contributed by atoms with van der Waals surface area (Å²) in [7, 11) is 0. The van der Waals surface area contributed by atoms with Gasteiger partial charge in [-0.3, -0.25) is 14.9 Å². The van der Waals surface area contributed by atoms with Gasteiger partial charge in [0.25, 0.3) is 11.6 Å². The van der Waals surface area contributed by atoms with Gasteiger partial charge in [0.2, 0.25) is 0 Å². The molecule has 28 heavy (non-hydrogen) atoms. The number of halogens is 1. The Labute approximate surface area is 169 Å². The molecule has 0 saturated carbocycles. The zero-order chi connectivity index (χ0) is 20.4. The molecule has 1 heterocycles. The number of carbonyl (C=O) groups excluding carboxylic acids is 1. The van der Waals surface area contributed by atoms with Gasteiger partial charge in [-0.1, -0.05) is 24.6 Å². The number of nitrogens with zero attached hydrogens (tertiary/aromatic N) is 2. The zero-order valence-corrected chi connectivity index (χ0v) is 17.0. The monoisotopic (exact) mass is 401 g/mol. The van der Waals surface area contributed by atoms with Crippen molar-refractivity contribution in [2.45, 2.75) is 33.6 Å². The summed E-state index contributed by atoms with van der Waals surface area (Å²) in [5.74, 6) is 0.0681. The molecule has 1 aliphatic rings. The average Bonchev–Trinajstić information content (AvgIpc) is 2.64. The van der Waals surface area contributed by atoms with Crippen LogP contribution in [0.25, 0.3) is 0 Å². The number of aryl methyl sites for hydroxylation is 2. The second-order valence-corrected chi connectivity index (χ2v) is 7.95. The topological polar surface area (TPSA) is 75.5 Å². The first-order valence-corrected chi connectivity index (χ1v) is 9.75. The number of anilines is 2. The van der Waals surface area contributed by atoms with Gasteiger partial charge in [-0.25, -0.2) is 0 Å². The quantitative estimate of drug-likeness (QED) is 0.553. The maximum absolute atomic E-state index is 12.7. The van der Waals surface area contributed by atoms with Gasteiger partial charge in [0.15, 0.2) is 0 Å². The van der Waals surface area contributed by atoms with E-state index >= 15 is 0 Å². The van der Waals surface area contributed by atoms with Gasteiger partial charge in [0, 0.05) is 24.7 Å². The lowest BCUT2D eigenvalue weighted by Gasteiger charge is -2.32. The van der Waals surface area contributed by atoms with Crippen molar-refractivity contribution in [2.24, 2.45) is 5.92 Å². The minimum atomic E-state index is -0.421. The fraction of sp³-hybridized carbons (Fsp3) is 0.381. The van der Waals surface area contributed by atoms with Gasteiger partial charge in [-0.15, -0.1) is 0 Å². The highest BCUT2D eigenvalue weighted by Gasteiger charge is 2.25. The summed E-state index contributed by atoms with van der Waals surface area (Å²) in [6, 6.07) is 8.35. The van der Waals surface area contributed by atoms with Gasteiger partial charge >= 0.3 is 0 Å². The number of carbonyl (C=O) groups is 1. The second-order valence-electron chi connectivity index (χ2n) is 7.55. The molecule has 0 unspecified atom stereocenters. The van der Waals surface area contributed by atoms with E-state index in [4.69, 9.17) is 11.6 Å². The van der Waals surface area contributed by atoms with E-state index in [9.17, 15) is 14.9 Å². The molecule has 6 nitrogen and oxygen atoms in total. The van der Waals surface area contributed by atoms with Crippen LogP contribution in [0.2, 0.25) is 5.02 Å². The van der Waals surface area contributed by atoms with E-state index in [-0.39, 0.29) is 11.3 Å². The van der Waals surface area contributed by atoms with E-state index in [1.807, 2.05) is 24.8 Å². The molecule has 1 amide bonds. The molecule has 148 valence electrons. The van der Waals surface area contributed by atoms with Gasteiger partial charge < -0.3 is 10.2 Å². The highest BCUT2D eigenvalue weighted by molar-refractivity contribution is 6.34. The molecule has 1 N–H and O–H groups in total. The summed E-state index contributed by atoms with van der Waals surface area (Å²) in [6.45, 7) is 7.50. The Kier molecular flexibility index (Phi) is 5.89. The average molecular weight is 402 g/mol. The van der Waals surface area contributed by atoms with E-state index in [0.717, 1.165) is 37.1 Å². The highest BCUT2D eigenvalue weighted by atomic mass is 35.5. The number of nitrogens with one attached hydrogen (secondary N) is 1. The predicted octanol–water partition coefficient (Wildman–Crippen LogP) is 5.35. The summed E-state index contributed by atoms with van der Waals surface area (Å²) in [6.07, 6.45) is 2.13. The minimum Gasteiger partial charge on any atom is -0.366 e. The molecule has 0 radical (unpaired) electrons. The molecule has 0 aromatic heterocycles. The third-order valence-corrected chi connectivity index (χ3v) is 5.40. The standard InChI is InChI=1S/C21H24ClN3O3/c1-13-5-4-8-24(12-13)18-7-6-16(11-19(18)25(27)28)21(26)23-20-15(3)9-14(2)10-17(20)22/h6-7,9-11,13H,4-5,8,12H2,1-3H3,(H,23,26)/t13-/m0/s1. The molecule has 1 atom stereocenters. The van der Waals surface area contributed by atoms with Crippen LogP contribution in [0.4, 0.5) is 17.1 Å². The van der Waals surface area contributed by atoms with E-state index < -0.39 is 10.8 Å². The molecule has 0 spiro atoms. The van der Waals surface area contributed by atoms with Crippen LogP contribution in [0.1, 0.15) is 41.3 Å². The normalized spacial score (nSPS) is 16.7. The highest BCUT2D eigenvalue weighted by Crippen LogP contribution is 2.33. The van der Waals surface area contributed by atoms with E-state index in [0.29, 0.717) is 22.3 Å². The summed E-state index contributed by atoms with van der Waals surface area (Å²) in [4.78, 5) is 26.0. The Bertz CT molecular complexity index is 906. The lowest BCUT2D eigenvalue weighted by molar-refractivity contribution is -0.384. The summed E-state index contributed by atoms with van der Waals surface area (Å²) >= 11 is 6.26. The van der Waals surface area contributed by atoms with E-state index in [1.165, 1.54) is 6.07 Å². The van der Waals surface area contributed by atoms with E-state index in [1.54, 1.807) is 18.2 Å². The molecule has 3 rings (SSSR count). The molecule has 1 aliphatic heterocycles. The fourth-order valence-corrected chi connectivity index (χ4v) is 4.11. The number of piperidine rings is 1. The molecule has 2 aromatic rings. The van der Waals surface area contributed by atoms with Crippen LogP contribution in [0, 0.1) is 29.9 Å². The largest absolute Gasteiger partial charge is 0.366 e. The molecule has 1 fully saturated rings. The molecule has 0 bridgehead atoms. The van der Waals surface area contributed by atoms with E-state index in [2.05, 4.69) is 12.2 Å². The van der Waals surface area contributed by atoms with Crippen LogP contribution in [-0.2, 0) is 0 Å². The number of rotatable bonds is 4. The van der Waals surface area contributed by atoms with Crippen molar-refractivity contribution in [2.75, 3.05) is 23.3 Å². The van der Waals surface area contributed by atoms with Gasteiger partial charge in [0.05, 0.1) is 15.6 Å². The Morgan fingerprint density at radius 1 is 1.29 bits per heavy atom. The van der Waals surface area contributed by atoms with Gasteiger partial charge in [0.1, 0.15) is 5.69 Å². The maximum atomic E-state index is 12.7. The van der Waals surface area contributed by atoms with Crippen molar-refractivity contribution < 1.29 is 9.72 Å². The van der Waals surface area contributed by atoms with Crippen molar-refractivity contribution in [1.82, 2.24) is 0 Å². The van der Waals surface area contributed by atoms with Crippen molar-refractivity contribution >= 4 is 34.6 Å². The Hall–Kier alpha value is -2.60. The first-order chi connectivity index (χ1) is 13.3. The molecular weight excluding hydrogens is 378 g/mol. The maximum Gasteiger partial charge on any atom is 0.293 e. The molecule has 1 saturated heterocycles. The number of hydrogen-bond acceptors (Lipinski definition) is 4. The van der Waals surface area contributed by atoms with Crippen molar-refractivity contribution in [3.63, 3.8) is 0 Å². The summed E-state index contributed by atoms with van der Waals surface area (Å²) in [5.41, 5.74) is 3.11. The zero-order valence-electron chi connectivity index (χ0n) is 16.3. The molecular formula is C21H24ClN3O3. The van der Waals surface area contributed by atoms with Crippen LogP contribution in [-0.4, -0.2) is 23.9 Å². The Morgan fingerprint density at radius 3 is 2.68 bits per heavy atom. The predicted molar refractivity (Wildman–Crippen MR) is 113 cm³/mol. The van der Waals surface area contributed by atoms with Gasteiger partial charge in [-0.05, 0) is 61.9 Å². The smallest absolute Gasteiger partial charge is 0.293 e. The third-order valence-electron chi connectivity index (χ3n) is 5.10. The lowest BCUT2D eigenvalue weighted by atomic mass is 9.99. The van der Waals surface area contributed by atoms with Crippen molar-refractivity contribution in [3.05, 3.63) is 62.2 Å².